The molecule has 0 radical (unpaired) electrons. The third kappa shape index (κ3) is 3.97. The van der Waals surface area contributed by atoms with Gasteiger partial charge in [0.05, 0.1) is 6.04 Å². The van der Waals surface area contributed by atoms with Gasteiger partial charge in [-0.2, -0.15) is 0 Å². The molecule has 2 nitrogen and oxygen atoms in total. The van der Waals surface area contributed by atoms with Gasteiger partial charge in [-0.25, -0.2) is 0 Å². The number of rotatable bonds is 6. The van der Waals surface area contributed by atoms with Crippen LogP contribution in [0.25, 0.3) is 0 Å². The number of nitrogens with two attached hydrogens (primary N) is 1. The molecule has 0 saturated carbocycles. The van der Waals surface area contributed by atoms with E-state index >= 15 is 0 Å². The van der Waals surface area contributed by atoms with Crippen molar-refractivity contribution in [1.82, 2.24) is 0 Å². The molecule has 1 rings (SSSR count). The van der Waals surface area contributed by atoms with Crippen LogP contribution in [-0.2, 0) is 6.42 Å². The summed E-state index contributed by atoms with van der Waals surface area (Å²) in [7, 11) is 0. The van der Waals surface area contributed by atoms with E-state index in [4.69, 9.17) is 5.73 Å². The maximum absolute atomic E-state index is 12.0. The largest absolute Gasteiger partial charge is 0.321 e. The number of carbonyl (C=O) groups excluding carboxylic acids is 1. The molecular formula is C15H23NO. The van der Waals surface area contributed by atoms with E-state index in [1.54, 1.807) is 0 Å². The van der Waals surface area contributed by atoms with Gasteiger partial charge in [0, 0.05) is 5.56 Å². The van der Waals surface area contributed by atoms with Gasteiger partial charge in [-0.3, -0.25) is 4.79 Å². The Morgan fingerprint density at radius 1 is 1.24 bits per heavy atom. The molecule has 0 spiro atoms. The molecule has 2 heteroatoms. The second-order valence-corrected chi connectivity index (χ2v) is 4.93. The van der Waals surface area contributed by atoms with Crippen molar-refractivity contribution in [2.24, 2.45) is 11.7 Å². The summed E-state index contributed by atoms with van der Waals surface area (Å²) in [5, 5.41) is 0. The summed E-state index contributed by atoms with van der Waals surface area (Å²) >= 11 is 0. The smallest absolute Gasteiger partial charge is 0.179 e. The predicted octanol–water partition coefficient (Wildman–Crippen LogP) is 3.20. The first kappa shape index (κ1) is 13.9. The minimum Gasteiger partial charge on any atom is -0.321 e. The number of benzene rings is 1. The molecule has 0 amide bonds. The van der Waals surface area contributed by atoms with E-state index in [1.807, 2.05) is 38.1 Å². The molecule has 0 heterocycles. The molecule has 2 N–H and O–H groups in total. The fraction of sp³-hybridized carbons (Fsp3) is 0.533. The zero-order valence-electron chi connectivity index (χ0n) is 11.1. The van der Waals surface area contributed by atoms with Crippen LogP contribution in [0.4, 0.5) is 0 Å². The molecule has 0 aliphatic carbocycles. The van der Waals surface area contributed by atoms with Gasteiger partial charge in [0.15, 0.2) is 5.78 Å². The summed E-state index contributed by atoms with van der Waals surface area (Å²) < 4.78 is 0. The maximum Gasteiger partial charge on any atom is 0.179 e. The number of ketones is 1. The van der Waals surface area contributed by atoms with Crippen LogP contribution in [-0.4, -0.2) is 11.8 Å². The molecule has 1 aromatic carbocycles. The monoisotopic (exact) mass is 233 g/mol. The Hall–Kier alpha value is -1.15. The van der Waals surface area contributed by atoms with Gasteiger partial charge >= 0.3 is 0 Å². The summed E-state index contributed by atoms with van der Waals surface area (Å²) in [5.41, 5.74) is 7.88. The first-order valence-electron chi connectivity index (χ1n) is 6.45. The maximum atomic E-state index is 12.0. The summed E-state index contributed by atoms with van der Waals surface area (Å²) in [4.78, 5) is 12.0. The SMILES string of the molecule is CCCCc1ccc(C(=O)C(N)C(C)C)cc1. The van der Waals surface area contributed by atoms with Crippen LogP contribution in [0.2, 0.25) is 0 Å². The van der Waals surface area contributed by atoms with E-state index in [0.717, 1.165) is 12.0 Å². The number of carbonyl (C=O) groups is 1. The summed E-state index contributed by atoms with van der Waals surface area (Å²) in [6.45, 7) is 6.12. The molecule has 0 saturated heterocycles. The van der Waals surface area contributed by atoms with E-state index in [2.05, 4.69) is 6.92 Å². The molecule has 94 valence electrons. The van der Waals surface area contributed by atoms with Crippen molar-refractivity contribution in [2.45, 2.75) is 46.1 Å². The average molecular weight is 233 g/mol. The van der Waals surface area contributed by atoms with E-state index in [1.165, 1.54) is 18.4 Å². The van der Waals surface area contributed by atoms with Crippen LogP contribution in [0.1, 0.15) is 49.5 Å². The predicted molar refractivity (Wildman–Crippen MR) is 72.2 cm³/mol. The number of Topliss-reactive ketones (excluding diaryl/α,β-unsaturated/α-hetero) is 1. The highest BCUT2D eigenvalue weighted by Crippen LogP contribution is 2.12. The van der Waals surface area contributed by atoms with Gasteiger partial charge in [0.1, 0.15) is 0 Å². The lowest BCUT2D eigenvalue weighted by Gasteiger charge is -2.14. The minimum absolute atomic E-state index is 0.0436. The second-order valence-electron chi connectivity index (χ2n) is 4.93. The lowest BCUT2D eigenvalue weighted by molar-refractivity contribution is 0.0940. The molecule has 1 atom stereocenters. The molecule has 0 aliphatic heterocycles. The van der Waals surface area contributed by atoms with Crippen LogP contribution in [0.5, 0.6) is 0 Å². The van der Waals surface area contributed by atoms with Crippen molar-refractivity contribution >= 4 is 5.78 Å². The van der Waals surface area contributed by atoms with E-state index in [-0.39, 0.29) is 11.7 Å². The average Bonchev–Trinajstić information content (AvgIpc) is 2.35. The Bertz CT molecular complexity index is 354. The van der Waals surface area contributed by atoms with Crippen molar-refractivity contribution in [3.05, 3.63) is 35.4 Å². The van der Waals surface area contributed by atoms with E-state index in [9.17, 15) is 4.79 Å². The topological polar surface area (TPSA) is 43.1 Å². The highest BCUT2D eigenvalue weighted by Gasteiger charge is 2.18. The molecule has 1 unspecified atom stereocenters. The molecule has 0 aromatic heterocycles. The zero-order valence-corrected chi connectivity index (χ0v) is 11.1. The number of hydrogen-bond donors (Lipinski definition) is 1. The molecule has 0 fully saturated rings. The van der Waals surface area contributed by atoms with E-state index < -0.39 is 6.04 Å². The number of aryl methyl sites for hydroxylation is 1. The van der Waals surface area contributed by atoms with Gasteiger partial charge < -0.3 is 5.73 Å². The standard InChI is InChI=1S/C15H23NO/c1-4-5-6-12-7-9-13(10-8-12)15(17)14(16)11(2)3/h7-11,14H,4-6,16H2,1-3H3. The number of hydrogen-bond acceptors (Lipinski definition) is 2. The van der Waals surface area contributed by atoms with Gasteiger partial charge in [0.25, 0.3) is 0 Å². The van der Waals surface area contributed by atoms with Crippen LogP contribution in [0.15, 0.2) is 24.3 Å². The van der Waals surface area contributed by atoms with Crippen molar-refractivity contribution in [3.63, 3.8) is 0 Å². The van der Waals surface area contributed by atoms with Gasteiger partial charge in [-0.15, -0.1) is 0 Å². The van der Waals surface area contributed by atoms with Gasteiger partial charge in [-0.05, 0) is 24.3 Å². The second kappa shape index (κ2) is 6.55. The third-order valence-corrected chi connectivity index (χ3v) is 3.08. The molecule has 17 heavy (non-hydrogen) atoms. The molecule has 0 aliphatic rings. The Kier molecular flexibility index (Phi) is 5.36. The third-order valence-electron chi connectivity index (χ3n) is 3.08. The van der Waals surface area contributed by atoms with Crippen LogP contribution in [0.3, 0.4) is 0 Å². The van der Waals surface area contributed by atoms with Crippen molar-refractivity contribution in [3.8, 4) is 0 Å². The van der Waals surface area contributed by atoms with E-state index in [0.29, 0.717) is 0 Å². The highest BCUT2D eigenvalue weighted by molar-refractivity contribution is 6.00. The Labute approximate surface area is 104 Å². The van der Waals surface area contributed by atoms with Crippen LogP contribution < -0.4 is 5.73 Å². The first-order valence-corrected chi connectivity index (χ1v) is 6.45. The normalized spacial score (nSPS) is 12.8. The Morgan fingerprint density at radius 2 is 1.82 bits per heavy atom. The van der Waals surface area contributed by atoms with Crippen molar-refractivity contribution < 1.29 is 4.79 Å². The molecule has 0 bridgehead atoms. The fourth-order valence-electron chi connectivity index (χ4n) is 1.71. The highest BCUT2D eigenvalue weighted by atomic mass is 16.1. The molecular weight excluding hydrogens is 210 g/mol. The Morgan fingerprint density at radius 3 is 2.29 bits per heavy atom. The molecule has 1 aromatic rings. The van der Waals surface area contributed by atoms with Crippen molar-refractivity contribution in [2.75, 3.05) is 0 Å². The quantitative estimate of drug-likeness (QED) is 0.767. The van der Waals surface area contributed by atoms with Gasteiger partial charge in [-0.1, -0.05) is 51.5 Å². The first-order chi connectivity index (χ1) is 8.06. The van der Waals surface area contributed by atoms with Gasteiger partial charge in [0.2, 0.25) is 0 Å². The number of unbranched alkanes of at least 4 members (excludes halogenated alkanes) is 1. The summed E-state index contributed by atoms with van der Waals surface area (Å²) in [5.74, 6) is 0.226. The fourth-order valence-corrected chi connectivity index (χ4v) is 1.71. The lowest BCUT2D eigenvalue weighted by atomic mass is 9.95. The van der Waals surface area contributed by atoms with Crippen LogP contribution >= 0.6 is 0 Å². The Balaban J connectivity index is 2.70. The van der Waals surface area contributed by atoms with Crippen molar-refractivity contribution in [1.29, 1.82) is 0 Å². The summed E-state index contributed by atoms with van der Waals surface area (Å²) in [6.07, 6.45) is 3.47. The lowest BCUT2D eigenvalue weighted by Crippen LogP contribution is -2.35. The summed E-state index contributed by atoms with van der Waals surface area (Å²) in [6, 6.07) is 7.48. The minimum atomic E-state index is -0.392. The zero-order chi connectivity index (χ0) is 12.8. The van der Waals surface area contributed by atoms with Crippen LogP contribution in [0, 0.1) is 5.92 Å².